The van der Waals surface area contributed by atoms with Crippen molar-refractivity contribution in [1.82, 2.24) is 53.9 Å². The fraction of sp³-hybridized carbons (Fsp3) is 0.372. The molecule has 0 aliphatic heterocycles. The molecule has 11 aromatic rings. The van der Waals surface area contributed by atoms with Gasteiger partial charge in [-0.15, -0.1) is 0 Å². The van der Waals surface area contributed by atoms with E-state index in [1.807, 2.05) is 139 Å². The van der Waals surface area contributed by atoms with Gasteiger partial charge >= 0.3 is 5.97 Å². The van der Waals surface area contributed by atoms with Gasteiger partial charge in [-0.25, -0.2) is 0 Å². The van der Waals surface area contributed by atoms with Gasteiger partial charge in [0.15, 0.2) is 0 Å². The summed E-state index contributed by atoms with van der Waals surface area (Å²) >= 11 is 0. The van der Waals surface area contributed by atoms with Crippen molar-refractivity contribution < 1.29 is 36.3 Å². The number of carbonyl (C=O) groups is 3. The Morgan fingerprint density at radius 1 is 0.472 bits per heavy atom. The van der Waals surface area contributed by atoms with Crippen LogP contribution in [-0.4, -0.2) is 163 Å². The summed E-state index contributed by atoms with van der Waals surface area (Å²) in [6.45, 7) is 5.59. The minimum atomic E-state index is -3.79. The molecule has 6 N–H and O–H groups in total. The van der Waals surface area contributed by atoms with Crippen LogP contribution in [0.25, 0.3) is 32.7 Å². The van der Waals surface area contributed by atoms with Crippen LogP contribution in [0.5, 0.6) is 0 Å². The molecule has 22 heteroatoms. The maximum atomic E-state index is 13.2. The monoisotopic (exact) mass is 1500 g/mol. The van der Waals surface area contributed by atoms with Gasteiger partial charge in [-0.1, -0.05) is 145 Å². The third-order valence-corrected chi connectivity index (χ3v) is 24.4. The number of aromatic nitrogens is 6. The Balaban J connectivity index is 0.000000150. The highest BCUT2D eigenvalue weighted by Gasteiger charge is 2.36. The van der Waals surface area contributed by atoms with Gasteiger partial charge in [0.2, 0.25) is 11.8 Å². The minimum Gasteiger partial charge on any atom is -0.481 e. The first kappa shape index (κ1) is 79.4. The molecule has 0 spiro atoms. The van der Waals surface area contributed by atoms with Crippen LogP contribution >= 0.6 is 0 Å². The highest BCUT2D eigenvalue weighted by molar-refractivity contribution is 7.90. The summed E-state index contributed by atoms with van der Waals surface area (Å²) in [5.41, 5.74) is 17.1. The number of carboxylic acids is 1. The van der Waals surface area contributed by atoms with E-state index in [2.05, 4.69) is 114 Å². The number of hydrogen-bond acceptors (Lipinski definition) is 14. The van der Waals surface area contributed by atoms with Gasteiger partial charge in [-0.3, -0.25) is 19.5 Å². The van der Waals surface area contributed by atoms with Crippen molar-refractivity contribution in [2.24, 2.45) is 23.5 Å². The SMILES string of the molecule is CN(C)[C@H](CNC(=O)C[C@@H](c1ccccc1)C1CC1)Cc1ccc2[nH]ncc2c1.Cc1ccc(S(=O)(=O)n2ncc3cc(C[C@@H](CN)N(C)C)ccc32)cc1.Cc1ccc(S(=O)(=O)n2ncc3cc(C[C@@H](CNC(=O)C[C@@H](c4ccccc4)C4CC4)N(C)C)ccc32)cc1.O=C(O)C[C@@H](c1ccccc1)C1CC1. The predicted molar refractivity (Wildman–Crippen MR) is 429 cm³/mol. The van der Waals surface area contributed by atoms with E-state index < -0.39 is 26.0 Å². The molecule has 3 heterocycles. The van der Waals surface area contributed by atoms with Crippen LogP contribution in [0.3, 0.4) is 0 Å². The Labute approximate surface area is 636 Å². The lowest BCUT2D eigenvalue weighted by molar-refractivity contribution is -0.137. The number of rotatable bonds is 30. The van der Waals surface area contributed by atoms with Crippen LogP contribution in [0.4, 0.5) is 0 Å². The molecule has 0 saturated heterocycles. The molecule has 0 radical (unpaired) electrons. The van der Waals surface area contributed by atoms with E-state index in [1.54, 1.807) is 60.9 Å². The molecular weight excluding hydrogens is 1390 g/mol. The average Bonchev–Trinajstić information content (AvgIpc) is 1.57. The molecule has 0 bridgehead atoms. The highest BCUT2D eigenvalue weighted by atomic mass is 32.2. The summed E-state index contributed by atoms with van der Waals surface area (Å²) in [7, 11) is 4.67. The normalized spacial score (nSPS) is 15.4. The first-order valence-corrected chi connectivity index (χ1v) is 40.4. The van der Waals surface area contributed by atoms with Crippen molar-refractivity contribution in [1.29, 1.82) is 0 Å². The first-order chi connectivity index (χ1) is 51.9. The number of likely N-dealkylation sites (N-methyl/N-ethyl adjacent to an activating group) is 3. The van der Waals surface area contributed by atoms with Crippen molar-refractivity contribution in [2.45, 2.75) is 137 Å². The number of aliphatic carboxylic acids is 1. The molecule has 14 rings (SSSR count). The van der Waals surface area contributed by atoms with E-state index >= 15 is 0 Å². The lowest BCUT2D eigenvalue weighted by Crippen LogP contribution is -2.42. The van der Waals surface area contributed by atoms with E-state index in [0.29, 0.717) is 73.6 Å². The molecule has 3 aliphatic rings. The summed E-state index contributed by atoms with van der Waals surface area (Å²) in [6, 6.07) is 62.8. The molecule has 3 aromatic heterocycles. The molecule has 2 amide bonds. The predicted octanol–water partition coefficient (Wildman–Crippen LogP) is 13.2. The van der Waals surface area contributed by atoms with Gasteiger partial charge in [-0.05, 0) is 243 Å². The molecule has 568 valence electrons. The number of amides is 2. The van der Waals surface area contributed by atoms with Crippen LogP contribution in [0, 0.1) is 31.6 Å². The lowest BCUT2D eigenvalue weighted by atomic mass is 9.90. The van der Waals surface area contributed by atoms with E-state index in [0.717, 1.165) is 64.9 Å². The Hall–Kier alpha value is -9.68. The number of nitrogens with one attached hydrogen (secondary N) is 3. The Bertz CT molecular complexity index is 5000. The molecule has 6 atom stereocenters. The number of aryl methyl sites for hydroxylation is 2. The minimum absolute atomic E-state index is 0.0839. The standard InChI is InChI=1S/C31H36N4O3S.C24H30N4O.C19H24N4O2S.C12H14O2/c1-22-9-14-28(15-10-22)39(37,38)35-30-16-11-23(17-26(30)20-33-35)18-27(34(2)3)21-32-31(36)19-29(25-12-13-25)24-7-5-4-6-8-24;1-28(2)21(13-17-8-11-23-20(12-17)15-26-27-23)16-25-24(29)14-22(19-9-10-19)18-6-4-3-5-7-18;1-14-4-7-18(8-5-14)26(24,25)23-19-9-6-15(10-16(19)13-21-23)11-17(12-20)22(2)3;13-12(14)8-11(10-6-7-10)9-4-2-1-3-5-9/h4-11,14-17,20,25,27,29H,12-13,18-19,21H2,1-3H3,(H,32,36);3-8,11-12,15,19,21-22H,9-10,13-14,16H2,1-2H3,(H,25,29)(H,26,27);4-10,13,17H,11-12,20H2,1-3H3;1-5,10-11H,6-8H2,(H,13,14)/t27-,29-;21-,22-;17-;11-/m0000/s1. The van der Waals surface area contributed by atoms with Gasteiger partial charge in [0.1, 0.15) is 0 Å². The van der Waals surface area contributed by atoms with Crippen LogP contribution in [0.2, 0.25) is 0 Å². The zero-order valence-corrected chi connectivity index (χ0v) is 64.9. The second-order valence-electron chi connectivity index (χ2n) is 30.1. The molecule has 108 heavy (non-hydrogen) atoms. The lowest BCUT2D eigenvalue weighted by Gasteiger charge is -2.25. The zero-order valence-electron chi connectivity index (χ0n) is 63.3. The number of H-pyrrole nitrogens is 1. The van der Waals surface area contributed by atoms with Crippen molar-refractivity contribution in [3.05, 3.63) is 257 Å². The second-order valence-corrected chi connectivity index (χ2v) is 33.6. The molecule has 3 fully saturated rings. The number of aromatic amines is 1. The number of carbonyl (C=O) groups excluding carboxylic acids is 2. The Kier molecular flexibility index (Phi) is 26.8. The van der Waals surface area contributed by atoms with Crippen molar-refractivity contribution in [2.75, 3.05) is 61.9 Å². The van der Waals surface area contributed by atoms with Crippen LogP contribution < -0.4 is 16.4 Å². The third kappa shape index (κ3) is 21.4. The van der Waals surface area contributed by atoms with Gasteiger partial charge in [-0.2, -0.15) is 40.3 Å². The molecule has 8 aromatic carbocycles. The van der Waals surface area contributed by atoms with Crippen molar-refractivity contribution in [3.8, 4) is 0 Å². The number of hydrogen-bond donors (Lipinski definition) is 5. The smallest absolute Gasteiger partial charge is 0.303 e. The van der Waals surface area contributed by atoms with E-state index in [-0.39, 0.29) is 58.0 Å². The summed E-state index contributed by atoms with van der Waals surface area (Å²) in [6.07, 6.45) is 16.0. The molecule has 20 nitrogen and oxygen atoms in total. The Morgan fingerprint density at radius 2 is 0.824 bits per heavy atom. The third-order valence-electron chi connectivity index (χ3n) is 21.2. The summed E-state index contributed by atoms with van der Waals surface area (Å²) in [4.78, 5) is 43.2. The van der Waals surface area contributed by atoms with Gasteiger partial charge in [0, 0.05) is 66.8 Å². The molecular formula is C86H104N12O8S2. The summed E-state index contributed by atoms with van der Waals surface area (Å²) in [5, 5.41) is 33.3. The fourth-order valence-electron chi connectivity index (χ4n) is 14.1. The van der Waals surface area contributed by atoms with Crippen molar-refractivity contribution in [3.63, 3.8) is 0 Å². The Morgan fingerprint density at radius 3 is 1.18 bits per heavy atom. The van der Waals surface area contributed by atoms with Gasteiger partial charge < -0.3 is 36.2 Å². The molecule has 3 aliphatic carbocycles. The van der Waals surface area contributed by atoms with Gasteiger partial charge in [0.25, 0.3) is 20.0 Å². The summed E-state index contributed by atoms with van der Waals surface area (Å²) in [5.74, 6) is 2.27. The van der Waals surface area contributed by atoms with Crippen LogP contribution in [-0.2, 0) is 53.7 Å². The number of benzene rings is 8. The maximum absolute atomic E-state index is 13.2. The maximum Gasteiger partial charge on any atom is 0.303 e. The average molecular weight is 1500 g/mol. The van der Waals surface area contributed by atoms with Crippen molar-refractivity contribution >= 4 is 70.5 Å². The first-order valence-electron chi connectivity index (χ1n) is 37.5. The van der Waals surface area contributed by atoms with Gasteiger partial charge in [0.05, 0.1) is 51.4 Å². The second kappa shape index (κ2) is 36.5. The van der Waals surface area contributed by atoms with Crippen LogP contribution in [0.15, 0.2) is 223 Å². The number of nitrogens with two attached hydrogens (primary N) is 1. The molecule has 3 saturated carbocycles. The molecule has 0 unspecified atom stereocenters. The number of nitrogens with zero attached hydrogens (tertiary/aromatic N) is 8. The quantitative estimate of drug-likeness (QED) is 0.0280. The fourth-order valence-corrected chi connectivity index (χ4v) is 16.7. The van der Waals surface area contributed by atoms with E-state index in [1.165, 1.54) is 60.8 Å². The summed E-state index contributed by atoms with van der Waals surface area (Å²) < 4.78 is 54.4. The topological polar surface area (TPSA) is 264 Å². The van der Waals surface area contributed by atoms with E-state index in [9.17, 15) is 31.2 Å². The highest BCUT2D eigenvalue weighted by Crippen LogP contribution is 2.46. The number of fused-ring (bicyclic) bond motifs is 3. The largest absolute Gasteiger partial charge is 0.481 e. The van der Waals surface area contributed by atoms with E-state index in [4.69, 9.17) is 10.8 Å². The van der Waals surface area contributed by atoms with Crippen LogP contribution in [0.1, 0.15) is 120 Å². The number of carboxylic acid groups (broad SMARTS) is 1. The zero-order chi connectivity index (χ0) is 76.7.